The SMILES string of the molecule is CC(C)N[C@@H]1CCN(C(=O)Nc2cc3cc(-c4cnccn4)ccc3cn2)C[C@@H]1F. The third-order valence-electron chi connectivity index (χ3n) is 5.19. The van der Waals surface area contributed by atoms with Crippen molar-refractivity contribution in [2.45, 2.75) is 38.5 Å². The molecule has 1 aromatic carbocycles. The smallest absolute Gasteiger partial charge is 0.321 e. The molecule has 1 aliphatic heterocycles. The molecule has 3 aromatic rings. The maximum atomic E-state index is 14.5. The predicted molar refractivity (Wildman–Crippen MR) is 115 cm³/mol. The van der Waals surface area contributed by atoms with Crippen molar-refractivity contribution in [3.05, 3.63) is 49.1 Å². The number of carbonyl (C=O) groups excluding carboxylic acids is 1. The summed E-state index contributed by atoms with van der Waals surface area (Å²) >= 11 is 0. The van der Waals surface area contributed by atoms with Gasteiger partial charge in [-0.05, 0) is 23.9 Å². The number of halogens is 1. The van der Waals surface area contributed by atoms with E-state index in [1.807, 2.05) is 38.1 Å². The molecule has 156 valence electrons. The van der Waals surface area contributed by atoms with Gasteiger partial charge in [0.15, 0.2) is 0 Å². The fourth-order valence-electron chi connectivity index (χ4n) is 3.71. The van der Waals surface area contributed by atoms with E-state index in [1.54, 1.807) is 24.8 Å². The van der Waals surface area contributed by atoms with Crippen molar-refractivity contribution in [2.24, 2.45) is 0 Å². The molecular formula is C22H25FN6O. The summed E-state index contributed by atoms with van der Waals surface area (Å²) in [4.78, 5) is 26.9. The molecule has 2 N–H and O–H groups in total. The number of fused-ring (bicyclic) bond motifs is 1. The minimum absolute atomic E-state index is 0.0701. The molecule has 1 aliphatic rings. The van der Waals surface area contributed by atoms with E-state index in [1.165, 1.54) is 4.90 Å². The van der Waals surface area contributed by atoms with Crippen LogP contribution in [0.15, 0.2) is 49.1 Å². The quantitative estimate of drug-likeness (QED) is 0.689. The standard InChI is InChI=1S/C22H25FN6O/c1-14(2)27-19-5-8-29(13-18(19)23)22(30)28-21-10-17-9-15(3-4-16(17)11-26-21)20-12-24-6-7-25-20/h3-4,6-7,9-12,14,18-19,27H,5,8,13H2,1-2H3,(H,26,28,30)/t18-,19+/m0/s1. The van der Waals surface area contributed by atoms with Crippen LogP contribution in [-0.4, -0.2) is 57.2 Å². The zero-order chi connectivity index (χ0) is 21.1. The Morgan fingerprint density at radius 2 is 2.03 bits per heavy atom. The summed E-state index contributed by atoms with van der Waals surface area (Å²) in [6.45, 7) is 4.56. The van der Waals surface area contributed by atoms with Gasteiger partial charge in [-0.25, -0.2) is 14.2 Å². The average molecular weight is 408 g/mol. The van der Waals surface area contributed by atoms with Crippen LogP contribution >= 0.6 is 0 Å². The molecule has 0 saturated carbocycles. The van der Waals surface area contributed by atoms with Crippen molar-refractivity contribution in [1.82, 2.24) is 25.2 Å². The molecule has 0 bridgehead atoms. The lowest BCUT2D eigenvalue weighted by atomic mass is 10.0. The minimum atomic E-state index is -1.09. The lowest BCUT2D eigenvalue weighted by Crippen LogP contribution is -2.54. The lowest BCUT2D eigenvalue weighted by Gasteiger charge is -2.35. The van der Waals surface area contributed by atoms with E-state index in [2.05, 4.69) is 25.6 Å². The summed E-state index contributed by atoms with van der Waals surface area (Å²) in [6.07, 6.45) is 6.19. The number of carbonyl (C=O) groups is 1. The van der Waals surface area contributed by atoms with E-state index >= 15 is 0 Å². The van der Waals surface area contributed by atoms with E-state index in [9.17, 15) is 9.18 Å². The van der Waals surface area contributed by atoms with Crippen molar-refractivity contribution in [3.63, 3.8) is 0 Å². The molecule has 2 aromatic heterocycles. The number of nitrogens with zero attached hydrogens (tertiary/aromatic N) is 4. The summed E-state index contributed by atoms with van der Waals surface area (Å²) < 4.78 is 14.5. The van der Waals surface area contributed by atoms with Crippen LogP contribution in [0.4, 0.5) is 15.0 Å². The van der Waals surface area contributed by atoms with Crippen LogP contribution in [0.1, 0.15) is 20.3 Å². The second-order valence-corrected chi connectivity index (χ2v) is 7.83. The minimum Gasteiger partial charge on any atom is -0.321 e. The number of anilines is 1. The molecule has 0 aliphatic carbocycles. The summed E-state index contributed by atoms with van der Waals surface area (Å²) in [6, 6.07) is 7.37. The monoisotopic (exact) mass is 408 g/mol. The second-order valence-electron chi connectivity index (χ2n) is 7.83. The molecule has 0 spiro atoms. The van der Waals surface area contributed by atoms with Gasteiger partial charge >= 0.3 is 6.03 Å². The fraction of sp³-hybridized carbons (Fsp3) is 0.364. The van der Waals surface area contributed by atoms with E-state index in [-0.39, 0.29) is 24.7 Å². The Morgan fingerprint density at radius 3 is 2.77 bits per heavy atom. The highest BCUT2D eigenvalue weighted by molar-refractivity contribution is 5.93. The van der Waals surface area contributed by atoms with Crippen molar-refractivity contribution in [1.29, 1.82) is 0 Å². The normalized spacial score (nSPS) is 19.3. The van der Waals surface area contributed by atoms with Crippen LogP contribution in [0.5, 0.6) is 0 Å². The molecular weight excluding hydrogens is 383 g/mol. The van der Waals surface area contributed by atoms with Gasteiger partial charge in [-0.1, -0.05) is 26.0 Å². The highest BCUT2D eigenvalue weighted by Gasteiger charge is 2.31. The summed E-state index contributed by atoms with van der Waals surface area (Å²) in [5.74, 6) is 0.432. The number of hydrogen-bond acceptors (Lipinski definition) is 5. The number of benzene rings is 1. The van der Waals surface area contributed by atoms with Gasteiger partial charge in [0.2, 0.25) is 0 Å². The molecule has 7 nitrogen and oxygen atoms in total. The fourth-order valence-corrected chi connectivity index (χ4v) is 3.71. The molecule has 0 radical (unpaired) electrons. The largest absolute Gasteiger partial charge is 0.323 e. The van der Waals surface area contributed by atoms with Crippen LogP contribution < -0.4 is 10.6 Å². The number of rotatable bonds is 4. The zero-order valence-corrected chi connectivity index (χ0v) is 17.0. The first-order valence-corrected chi connectivity index (χ1v) is 10.1. The maximum Gasteiger partial charge on any atom is 0.323 e. The zero-order valence-electron chi connectivity index (χ0n) is 17.0. The van der Waals surface area contributed by atoms with Gasteiger partial charge in [-0.3, -0.25) is 15.3 Å². The first kappa shape index (κ1) is 20.2. The topological polar surface area (TPSA) is 83.0 Å². The third kappa shape index (κ3) is 4.54. The van der Waals surface area contributed by atoms with Crippen molar-refractivity contribution in [2.75, 3.05) is 18.4 Å². The summed E-state index contributed by atoms with van der Waals surface area (Å²) in [5.41, 5.74) is 1.70. The van der Waals surface area contributed by atoms with Crippen molar-refractivity contribution >= 4 is 22.6 Å². The molecule has 4 rings (SSSR count). The Hall–Kier alpha value is -3.13. The van der Waals surface area contributed by atoms with E-state index in [4.69, 9.17) is 0 Å². The van der Waals surface area contributed by atoms with E-state index in [0.29, 0.717) is 18.8 Å². The number of nitrogens with one attached hydrogen (secondary N) is 2. The van der Waals surface area contributed by atoms with Gasteiger partial charge in [0.25, 0.3) is 0 Å². The number of pyridine rings is 1. The number of alkyl halides is 1. The van der Waals surface area contributed by atoms with Crippen molar-refractivity contribution < 1.29 is 9.18 Å². The Kier molecular flexibility index (Phi) is 5.85. The molecule has 3 heterocycles. The number of likely N-dealkylation sites (tertiary alicyclic amines) is 1. The van der Waals surface area contributed by atoms with Gasteiger partial charge in [0, 0.05) is 48.2 Å². The number of hydrogen-bond donors (Lipinski definition) is 2. The molecule has 2 amide bonds. The van der Waals surface area contributed by atoms with Crippen LogP contribution in [0.2, 0.25) is 0 Å². The lowest BCUT2D eigenvalue weighted by molar-refractivity contribution is 0.119. The molecule has 8 heteroatoms. The summed E-state index contributed by atoms with van der Waals surface area (Å²) in [7, 11) is 0. The molecule has 1 fully saturated rings. The van der Waals surface area contributed by atoms with Gasteiger partial charge in [-0.2, -0.15) is 0 Å². The van der Waals surface area contributed by atoms with Crippen LogP contribution in [0.3, 0.4) is 0 Å². The van der Waals surface area contributed by atoms with E-state index in [0.717, 1.165) is 22.0 Å². The molecule has 30 heavy (non-hydrogen) atoms. The van der Waals surface area contributed by atoms with Gasteiger partial charge in [0.05, 0.1) is 18.4 Å². The highest BCUT2D eigenvalue weighted by Crippen LogP contribution is 2.24. The average Bonchev–Trinajstić information content (AvgIpc) is 2.75. The van der Waals surface area contributed by atoms with Gasteiger partial charge < -0.3 is 10.2 Å². The summed E-state index contributed by atoms with van der Waals surface area (Å²) in [5, 5.41) is 7.90. The molecule has 1 saturated heterocycles. The van der Waals surface area contributed by atoms with Gasteiger partial charge in [0.1, 0.15) is 12.0 Å². The Bertz CT molecular complexity index is 1030. The van der Waals surface area contributed by atoms with Crippen LogP contribution in [0, 0.1) is 0 Å². The first-order chi connectivity index (χ1) is 14.5. The number of amides is 2. The molecule has 0 unspecified atom stereocenters. The van der Waals surface area contributed by atoms with Crippen LogP contribution in [0.25, 0.3) is 22.0 Å². The number of piperidine rings is 1. The number of urea groups is 1. The Balaban J connectivity index is 1.46. The first-order valence-electron chi connectivity index (χ1n) is 10.1. The molecule has 2 atom stereocenters. The predicted octanol–water partition coefficient (Wildman–Crippen LogP) is 3.63. The van der Waals surface area contributed by atoms with E-state index < -0.39 is 6.17 Å². The van der Waals surface area contributed by atoms with Crippen molar-refractivity contribution in [3.8, 4) is 11.3 Å². The van der Waals surface area contributed by atoms with Gasteiger partial charge in [-0.15, -0.1) is 0 Å². The third-order valence-corrected chi connectivity index (χ3v) is 5.19. The number of aromatic nitrogens is 3. The Morgan fingerprint density at radius 1 is 1.17 bits per heavy atom. The maximum absolute atomic E-state index is 14.5. The Labute approximate surface area is 174 Å². The van der Waals surface area contributed by atoms with Crippen LogP contribution in [-0.2, 0) is 0 Å². The highest BCUT2D eigenvalue weighted by atomic mass is 19.1. The second kappa shape index (κ2) is 8.71.